The van der Waals surface area contributed by atoms with Crippen molar-refractivity contribution in [3.05, 3.63) is 47.2 Å². The lowest BCUT2D eigenvalue weighted by Gasteiger charge is -2.61. The summed E-state index contributed by atoms with van der Waals surface area (Å²) in [5.41, 5.74) is -0.0770. The number of aliphatic hydroxyl groups is 1. The van der Waals surface area contributed by atoms with Crippen molar-refractivity contribution in [2.75, 3.05) is 20.1 Å². The number of ether oxygens (including phenoxy) is 2. The van der Waals surface area contributed by atoms with E-state index < -0.39 is 29.0 Å². The molecule has 2 aliphatic carbocycles. The van der Waals surface area contributed by atoms with Gasteiger partial charge >= 0.3 is 5.97 Å². The average Bonchev–Trinajstić information content (AvgIpc) is 3.14. The number of carbonyl (C=O) groups is 3. The molecule has 34 heavy (non-hydrogen) atoms. The first-order chi connectivity index (χ1) is 16.2. The van der Waals surface area contributed by atoms with E-state index in [1.165, 1.54) is 6.92 Å². The number of nitrogens with zero attached hydrogens (tertiary/aromatic N) is 1. The van der Waals surface area contributed by atoms with Gasteiger partial charge in [0.1, 0.15) is 5.76 Å². The Labute approximate surface area is 197 Å². The second-order valence-corrected chi connectivity index (χ2v) is 9.56. The molecular weight excluding hydrogens is 440 g/mol. The summed E-state index contributed by atoms with van der Waals surface area (Å²) in [4.78, 5) is 37.4. The number of carbonyl (C=O) groups excluding carboxylic acids is 3. The van der Waals surface area contributed by atoms with E-state index >= 15 is 0 Å². The van der Waals surface area contributed by atoms with Gasteiger partial charge in [-0.15, -0.1) is 0 Å². The van der Waals surface area contributed by atoms with Gasteiger partial charge in [-0.25, -0.2) is 0 Å². The zero-order valence-corrected chi connectivity index (χ0v) is 19.2. The molecule has 4 aliphatic rings. The second kappa shape index (κ2) is 7.95. The lowest BCUT2D eigenvalue weighted by Crippen LogP contribution is -2.74. The van der Waals surface area contributed by atoms with E-state index in [2.05, 4.69) is 10.2 Å². The monoisotopic (exact) mass is 468 g/mol. The molecule has 4 atom stereocenters. The van der Waals surface area contributed by atoms with Crippen LogP contribution in [0.25, 0.3) is 0 Å². The second-order valence-electron chi connectivity index (χ2n) is 9.56. The minimum atomic E-state index is -1.12. The van der Waals surface area contributed by atoms with Crippen LogP contribution in [0.5, 0.6) is 11.5 Å². The van der Waals surface area contributed by atoms with Crippen molar-refractivity contribution in [1.29, 1.82) is 0 Å². The predicted octanol–water partition coefficient (Wildman–Crippen LogP) is 0.865. The number of benzene rings is 1. The number of hydrogen-bond donors (Lipinski definition) is 3. The zero-order chi connectivity index (χ0) is 24.3. The van der Waals surface area contributed by atoms with E-state index in [-0.39, 0.29) is 30.5 Å². The summed E-state index contributed by atoms with van der Waals surface area (Å²) in [6.07, 6.45) is 4.72. The van der Waals surface area contributed by atoms with Crippen molar-refractivity contribution in [2.24, 2.45) is 0 Å². The van der Waals surface area contributed by atoms with E-state index in [9.17, 15) is 24.6 Å². The number of likely N-dealkylation sites (tertiary alicyclic amines) is 1. The number of phenols is 1. The lowest BCUT2D eigenvalue weighted by molar-refractivity contribution is -0.169. The third kappa shape index (κ3) is 3.18. The molecule has 1 saturated heterocycles. The van der Waals surface area contributed by atoms with Crippen LogP contribution in [0.1, 0.15) is 37.3 Å². The molecule has 9 heteroatoms. The third-order valence-corrected chi connectivity index (χ3v) is 7.68. The molecule has 1 spiro atoms. The van der Waals surface area contributed by atoms with E-state index in [4.69, 9.17) is 9.47 Å². The van der Waals surface area contributed by atoms with Crippen LogP contribution in [0, 0.1) is 0 Å². The van der Waals surface area contributed by atoms with Crippen molar-refractivity contribution in [1.82, 2.24) is 10.2 Å². The molecule has 1 aromatic carbocycles. The number of piperidine rings is 1. The van der Waals surface area contributed by atoms with Crippen LogP contribution in [0.3, 0.4) is 0 Å². The van der Waals surface area contributed by atoms with Crippen LogP contribution in [0.15, 0.2) is 36.1 Å². The fourth-order valence-corrected chi connectivity index (χ4v) is 6.16. The van der Waals surface area contributed by atoms with E-state index in [1.807, 2.05) is 13.1 Å². The fourth-order valence-electron chi connectivity index (χ4n) is 6.16. The van der Waals surface area contributed by atoms with E-state index in [1.54, 1.807) is 12.1 Å². The Bertz CT molecular complexity index is 1140. The van der Waals surface area contributed by atoms with E-state index in [0.29, 0.717) is 30.8 Å². The maximum atomic E-state index is 12.6. The molecule has 1 amide bonds. The summed E-state index contributed by atoms with van der Waals surface area (Å²) in [6.45, 7) is 2.12. The topological polar surface area (TPSA) is 125 Å². The Balaban J connectivity index is 1.38. The fraction of sp³-hybridized carbons (Fsp3) is 0.480. The Morgan fingerprint density at radius 2 is 2.12 bits per heavy atom. The number of aromatic hydroxyl groups is 1. The highest BCUT2D eigenvalue weighted by molar-refractivity contribution is 5.96. The summed E-state index contributed by atoms with van der Waals surface area (Å²) >= 11 is 0. The van der Waals surface area contributed by atoms with Gasteiger partial charge in [0.05, 0.1) is 17.4 Å². The molecule has 180 valence electrons. The summed E-state index contributed by atoms with van der Waals surface area (Å²) in [5.74, 6) is -0.575. The number of amides is 1. The highest BCUT2D eigenvalue weighted by Crippen LogP contribution is 2.65. The molecule has 0 aromatic heterocycles. The highest BCUT2D eigenvalue weighted by Gasteiger charge is 2.72. The molecule has 0 unspecified atom stereocenters. The van der Waals surface area contributed by atoms with Gasteiger partial charge in [-0.05, 0) is 57.1 Å². The summed E-state index contributed by atoms with van der Waals surface area (Å²) in [5, 5.41) is 25.1. The summed E-state index contributed by atoms with van der Waals surface area (Å²) < 4.78 is 11.9. The molecule has 1 fully saturated rings. The number of phenolic OH excluding ortho intramolecular Hbond substituents is 1. The maximum absolute atomic E-state index is 12.6. The van der Waals surface area contributed by atoms with Gasteiger partial charge in [-0.3, -0.25) is 14.4 Å². The van der Waals surface area contributed by atoms with Crippen LogP contribution in [-0.4, -0.2) is 70.7 Å². The zero-order valence-electron chi connectivity index (χ0n) is 19.2. The SMILES string of the molecule is CC(=O)/C=C/C(=O)NCCC(=O)OC1=CC[C@@]2(O)[C@H]3Cc4ccc(O)c5c4[C@@]2(CCN3C)[C@H]1O5. The van der Waals surface area contributed by atoms with Crippen molar-refractivity contribution < 1.29 is 34.1 Å². The molecule has 2 aliphatic heterocycles. The number of likely N-dealkylation sites (N-methyl/N-ethyl adjacent to an activating group) is 1. The third-order valence-electron chi connectivity index (χ3n) is 7.68. The molecule has 3 N–H and O–H groups in total. The number of rotatable bonds is 6. The van der Waals surface area contributed by atoms with Crippen LogP contribution in [0.2, 0.25) is 0 Å². The van der Waals surface area contributed by atoms with Crippen molar-refractivity contribution in [3.63, 3.8) is 0 Å². The lowest BCUT2D eigenvalue weighted by atomic mass is 9.50. The minimum Gasteiger partial charge on any atom is -0.504 e. The van der Waals surface area contributed by atoms with Crippen molar-refractivity contribution in [3.8, 4) is 11.5 Å². The minimum absolute atomic E-state index is 0.00857. The molecule has 2 bridgehead atoms. The Morgan fingerprint density at radius 3 is 2.88 bits per heavy atom. The van der Waals surface area contributed by atoms with Gasteiger partial charge in [0.15, 0.2) is 23.4 Å². The van der Waals surface area contributed by atoms with Gasteiger partial charge in [-0.1, -0.05) is 6.07 Å². The smallest absolute Gasteiger partial charge is 0.312 e. The Hall–Kier alpha value is -3.17. The molecule has 1 aromatic rings. The van der Waals surface area contributed by atoms with Crippen LogP contribution in [0.4, 0.5) is 0 Å². The summed E-state index contributed by atoms with van der Waals surface area (Å²) in [6, 6.07) is 3.38. The first-order valence-corrected chi connectivity index (χ1v) is 11.5. The molecular formula is C25H28N2O7. The number of ketones is 1. The standard InChI is InChI=1S/C25H28N2O7/c1-14(28)3-6-19(30)26-11-8-20(31)33-17-7-9-25(32)18-13-15-4-5-16(29)22-21(15)24(25,23(17)34-22)10-12-27(18)2/h3-7,18,23,29,32H,8-13H2,1-2H3,(H,26,30)/b6-3+/t18-,23+,24+,25-/m1/s1. The van der Waals surface area contributed by atoms with Gasteiger partial charge in [0.2, 0.25) is 5.91 Å². The molecule has 0 saturated carbocycles. The van der Waals surface area contributed by atoms with Gasteiger partial charge in [-0.2, -0.15) is 0 Å². The molecule has 0 radical (unpaired) electrons. The molecule has 5 rings (SSSR count). The summed E-state index contributed by atoms with van der Waals surface area (Å²) in [7, 11) is 2.01. The number of hydrogen-bond acceptors (Lipinski definition) is 8. The molecule has 2 heterocycles. The number of allylic oxidation sites excluding steroid dienone is 1. The van der Waals surface area contributed by atoms with E-state index in [0.717, 1.165) is 29.8 Å². The van der Waals surface area contributed by atoms with Gasteiger partial charge in [0.25, 0.3) is 0 Å². The normalized spacial score (nSPS) is 30.9. The Morgan fingerprint density at radius 1 is 1.32 bits per heavy atom. The number of nitrogens with one attached hydrogen (secondary N) is 1. The first-order valence-electron chi connectivity index (χ1n) is 11.5. The van der Waals surface area contributed by atoms with Gasteiger partial charge < -0.3 is 29.9 Å². The van der Waals surface area contributed by atoms with Gasteiger partial charge in [0, 0.05) is 30.6 Å². The van der Waals surface area contributed by atoms with Crippen molar-refractivity contribution >= 4 is 17.7 Å². The maximum Gasteiger partial charge on any atom is 0.312 e. The molecule has 9 nitrogen and oxygen atoms in total. The Kier molecular flexibility index (Phi) is 5.29. The number of esters is 1. The van der Waals surface area contributed by atoms with Crippen LogP contribution in [-0.2, 0) is 31.0 Å². The average molecular weight is 469 g/mol. The van der Waals surface area contributed by atoms with Crippen LogP contribution < -0.4 is 10.1 Å². The highest BCUT2D eigenvalue weighted by atomic mass is 16.6. The van der Waals surface area contributed by atoms with Crippen molar-refractivity contribution in [2.45, 2.75) is 55.8 Å². The van der Waals surface area contributed by atoms with Crippen LogP contribution >= 0.6 is 0 Å². The first kappa shape index (κ1) is 22.6. The quantitative estimate of drug-likeness (QED) is 0.415. The largest absolute Gasteiger partial charge is 0.504 e. The predicted molar refractivity (Wildman–Crippen MR) is 120 cm³/mol.